The molecule has 0 aromatic heterocycles. The molecule has 1 N–H and O–H groups in total. The molecule has 4 aromatic rings. The minimum absolute atomic E-state index is 0.309. The van der Waals surface area contributed by atoms with Gasteiger partial charge in [0.15, 0.2) is 0 Å². The second kappa shape index (κ2) is 4.97. The van der Waals surface area contributed by atoms with Gasteiger partial charge in [-0.1, -0.05) is 66.7 Å². The Bertz CT molecular complexity index is 1090. The highest BCUT2D eigenvalue weighted by atomic mass is 16.3. The molecule has 0 heterocycles. The van der Waals surface area contributed by atoms with Gasteiger partial charge >= 0.3 is 0 Å². The Hall–Kier alpha value is -3.06. The third kappa shape index (κ3) is 1.95. The van der Waals surface area contributed by atoms with Crippen molar-refractivity contribution < 1.29 is 5.11 Å². The maximum absolute atomic E-state index is 9.72. The summed E-state index contributed by atoms with van der Waals surface area (Å²) in [6.45, 7) is 0. The quantitative estimate of drug-likeness (QED) is 0.416. The highest BCUT2D eigenvalue weighted by Crippen LogP contribution is 2.39. The van der Waals surface area contributed by atoms with Crippen molar-refractivity contribution in [1.29, 1.82) is 0 Å². The third-order valence-corrected chi connectivity index (χ3v) is 4.97. The van der Waals surface area contributed by atoms with Gasteiger partial charge in [0.1, 0.15) is 5.75 Å². The van der Waals surface area contributed by atoms with E-state index in [1.54, 1.807) is 6.07 Å². The van der Waals surface area contributed by atoms with Crippen molar-refractivity contribution in [3.8, 4) is 28.0 Å². The zero-order valence-corrected chi connectivity index (χ0v) is 13.2. The molecule has 1 nitrogen and oxygen atoms in total. The van der Waals surface area contributed by atoms with Gasteiger partial charge in [-0.15, -0.1) is 0 Å². The van der Waals surface area contributed by atoms with E-state index in [4.69, 9.17) is 0 Å². The Balaban J connectivity index is 1.69. The predicted molar refractivity (Wildman–Crippen MR) is 99.3 cm³/mol. The van der Waals surface area contributed by atoms with Gasteiger partial charge in [-0.05, 0) is 62.7 Å². The van der Waals surface area contributed by atoms with Crippen LogP contribution in [0.15, 0.2) is 78.9 Å². The van der Waals surface area contributed by atoms with Gasteiger partial charge in [-0.3, -0.25) is 0 Å². The average molecular weight is 308 g/mol. The van der Waals surface area contributed by atoms with E-state index in [1.165, 1.54) is 38.8 Å². The number of fused-ring (bicyclic) bond motifs is 4. The lowest BCUT2D eigenvalue weighted by atomic mass is 9.95. The Morgan fingerprint density at radius 2 is 1.46 bits per heavy atom. The van der Waals surface area contributed by atoms with Gasteiger partial charge in [-0.2, -0.15) is 0 Å². The van der Waals surface area contributed by atoms with Crippen molar-refractivity contribution in [1.82, 2.24) is 0 Å². The van der Waals surface area contributed by atoms with E-state index < -0.39 is 0 Å². The van der Waals surface area contributed by atoms with Crippen molar-refractivity contribution in [3.05, 3.63) is 90.0 Å². The third-order valence-electron chi connectivity index (χ3n) is 4.97. The van der Waals surface area contributed by atoms with E-state index in [0.29, 0.717) is 5.75 Å². The molecule has 0 fully saturated rings. The van der Waals surface area contributed by atoms with Gasteiger partial charge in [0.25, 0.3) is 0 Å². The molecule has 0 radical (unpaired) electrons. The van der Waals surface area contributed by atoms with Crippen LogP contribution in [0.1, 0.15) is 11.1 Å². The summed E-state index contributed by atoms with van der Waals surface area (Å²) in [6, 6.07) is 27.3. The lowest BCUT2D eigenvalue weighted by Crippen LogP contribution is -1.85. The Morgan fingerprint density at radius 1 is 0.625 bits per heavy atom. The molecule has 1 aliphatic rings. The van der Waals surface area contributed by atoms with E-state index in [2.05, 4.69) is 54.6 Å². The van der Waals surface area contributed by atoms with E-state index in [1.807, 2.05) is 18.2 Å². The van der Waals surface area contributed by atoms with Crippen LogP contribution in [0.2, 0.25) is 0 Å². The van der Waals surface area contributed by atoms with Gasteiger partial charge in [0.2, 0.25) is 0 Å². The lowest BCUT2D eigenvalue weighted by Gasteiger charge is -2.09. The predicted octanol–water partition coefficient (Wildman–Crippen LogP) is 5.78. The van der Waals surface area contributed by atoms with E-state index in [9.17, 15) is 5.11 Å². The number of phenolic OH excluding ortho intramolecular Hbond substituents is 1. The fourth-order valence-electron chi connectivity index (χ4n) is 3.84. The zero-order valence-electron chi connectivity index (χ0n) is 13.2. The molecule has 0 bridgehead atoms. The first-order chi connectivity index (χ1) is 11.8. The minimum atomic E-state index is 0.309. The summed E-state index contributed by atoms with van der Waals surface area (Å²) >= 11 is 0. The lowest BCUT2D eigenvalue weighted by molar-refractivity contribution is 0.476. The topological polar surface area (TPSA) is 20.2 Å². The van der Waals surface area contributed by atoms with Crippen LogP contribution in [0.5, 0.6) is 5.75 Å². The molecule has 0 amide bonds. The van der Waals surface area contributed by atoms with Crippen LogP contribution < -0.4 is 0 Å². The van der Waals surface area contributed by atoms with Crippen LogP contribution in [0.25, 0.3) is 33.0 Å². The second-order valence-corrected chi connectivity index (χ2v) is 6.42. The van der Waals surface area contributed by atoms with Crippen molar-refractivity contribution in [3.63, 3.8) is 0 Å². The number of benzene rings is 4. The normalized spacial score (nSPS) is 12.2. The second-order valence-electron chi connectivity index (χ2n) is 6.42. The first-order valence-corrected chi connectivity index (χ1v) is 8.23. The number of phenols is 1. The summed E-state index contributed by atoms with van der Waals surface area (Å²) in [7, 11) is 0. The number of aromatic hydroxyl groups is 1. The molecule has 114 valence electrons. The van der Waals surface area contributed by atoms with Crippen LogP contribution in [0.3, 0.4) is 0 Å². The summed E-state index contributed by atoms with van der Waals surface area (Å²) < 4.78 is 0. The standard InChI is InChI=1S/C23H16O/c24-19-9-11-22-16(14-19)5-3-7-21(22)17-8-10-23-18(13-17)12-15-4-1-2-6-20(15)23/h1-11,13-14,24H,12H2. The highest BCUT2D eigenvalue weighted by Gasteiger charge is 2.18. The Kier molecular flexibility index (Phi) is 2.77. The fourth-order valence-corrected chi connectivity index (χ4v) is 3.84. The molecule has 0 spiro atoms. The SMILES string of the molecule is Oc1ccc2c(-c3ccc4c(c3)Cc3ccccc3-4)cccc2c1. The molecule has 0 atom stereocenters. The molecule has 24 heavy (non-hydrogen) atoms. The molecule has 5 rings (SSSR count). The monoisotopic (exact) mass is 308 g/mol. The molecule has 4 aromatic carbocycles. The number of hydrogen-bond donors (Lipinski definition) is 1. The van der Waals surface area contributed by atoms with E-state index >= 15 is 0 Å². The Labute approximate surface area is 140 Å². The molecular weight excluding hydrogens is 292 g/mol. The fraction of sp³-hybridized carbons (Fsp3) is 0.0435. The van der Waals surface area contributed by atoms with E-state index in [0.717, 1.165) is 11.8 Å². The van der Waals surface area contributed by atoms with Crippen molar-refractivity contribution in [2.75, 3.05) is 0 Å². The van der Waals surface area contributed by atoms with Crippen LogP contribution in [-0.4, -0.2) is 5.11 Å². The molecule has 0 saturated carbocycles. The van der Waals surface area contributed by atoms with Crippen LogP contribution in [0, 0.1) is 0 Å². The maximum atomic E-state index is 9.72. The van der Waals surface area contributed by atoms with Crippen molar-refractivity contribution in [2.24, 2.45) is 0 Å². The maximum Gasteiger partial charge on any atom is 0.116 e. The summed E-state index contributed by atoms with van der Waals surface area (Å²) in [5.74, 6) is 0.309. The first kappa shape index (κ1) is 13.4. The molecular formula is C23H16O. The van der Waals surface area contributed by atoms with Gasteiger partial charge in [0.05, 0.1) is 0 Å². The molecule has 0 unspecified atom stereocenters. The summed E-state index contributed by atoms with van der Waals surface area (Å²) in [4.78, 5) is 0. The minimum Gasteiger partial charge on any atom is -0.508 e. The zero-order chi connectivity index (χ0) is 16.1. The number of rotatable bonds is 1. The summed E-state index contributed by atoms with van der Waals surface area (Å²) in [5.41, 5.74) is 7.97. The highest BCUT2D eigenvalue weighted by molar-refractivity contribution is 5.98. The molecule has 1 heteroatoms. The summed E-state index contributed by atoms with van der Waals surface area (Å²) in [6.07, 6.45) is 1.00. The van der Waals surface area contributed by atoms with Gasteiger partial charge < -0.3 is 5.11 Å². The summed E-state index contributed by atoms with van der Waals surface area (Å²) in [5, 5.41) is 12.0. The molecule has 0 saturated heterocycles. The van der Waals surface area contributed by atoms with Crippen LogP contribution in [-0.2, 0) is 6.42 Å². The van der Waals surface area contributed by atoms with Gasteiger partial charge in [-0.25, -0.2) is 0 Å². The van der Waals surface area contributed by atoms with Crippen LogP contribution >= 0.6 is 0 Å². The first-order valence-electron chi connectivity index (χ1n) is 8.23. The number of hydrogen-bond acceptors (Lipinski definition) is 1. The Morgan fingerprint density at radius 3 is 2.42 bits per heavy atom. The largest absolute Gasteiger partial charge is 0.508 e. The van der Waals surface area contributed by atoms with E-state index in [-0.39, 0.29) is 0 Å². The average Bonchev–Trinajstić information content (AvgIpc) is 2.98. The van der Waals surface area contributed by atoms with Gasteiger partial charge in [0, 0.05) is 0 Å². The molecule has 0 aliphatic heterocycles. The molecule has 1 aliphatic carbocycles. The van der Waals surface area contributed by atoms with Crippen molar-refractivity contribution >= 4 is 10.8 Å². The van der Waals surface area contributed by atoms with Crippen molar-refractivity contribution in [2.45, 2.75) is 6.42 Å². The smallest absolute Gasteiger partial charge is 0.116 e. The van der Waals surface area contributed by atoms with Crippen LogP contribution in [0.4, 0.5) is 0 Å².